The Hall–Kier alpha value is -1.06. The summed E-state index contributed by atoms with van der Waals surface area (Å²) in [7, 11) is 0. The van der Waals surface area contributed by atoms with Crippen LogP contribution < -0.4 is 4.84 Å². The van der Waals surface area contributed by atoms with E-state index in [9.17, 15) is 4.79 Å². The van der Waals surface area contributed by atoms with Gasteiger partial charge in [-0.2, -0.15) is 0 Å². The molecule has 0 aliphatic carbocycles. The van der Waals surface area contributed by atoms with E-state index in [0.717, 1.165) is 5.56 Å². The molecule has 4 heteroatoms. The molecule has 0 fully saturated rings. The van der Waals surface area contributed by atoms with Crippen molar-refractivity contribution in [1.82, 2.24) is 4.84 Å². The lowest BCUT2D eigenvalue weighted by Crippen LogP contribution is -2.33. The number of esters is 1. The molecule has 0 saturated carbocycles. The van der Waals surface area contributed by atoms with Crippen molar-refractivity contribution >= 4 is 17.7 Å². The predicted molar refractivity (Wildman–Crippen MR) is 68.5 cm³/mol. The maximum Gasteiger partial charge on any atom is 0.324 e. The zero-order valence-electron chi connectivity index (χ0n) is 10.2. The minimum atomic E-state index is -0.444. The van der Waals surface area contributed by atoms with Crippen molar-refractivity contribution in [2.75, 3.05) is 0 Å². The minimum Gasteiger partial charge on any atom is -0.460 e. The van der Waals surface area contributed by atoms with E-state index in [1.54, 1.807) is 0 Å². The summed E-state index contributed by atoms with van der Waals surface area (Å²) in [6, 6.07) is 9.13. The summed E-state index contributed by atoms with van der Waals surface area (Å²) in [6.07, 6.45) is 0.664. The Kier molecular flexibility index (Phi) is 6.01. The molecule has 0 aromatic heterocycles. The summed E-state index contributed by atoms with van der Waals surface area (Å²) in [6.45, 7) is 4.35. The molecule has 0 bridgehead atoms. The summed E-state index contributed by atoms with van der Waals surface area (Å²) >= 11 is 5.54. The van der Waals surface area contributed by atoms with E-state index in [4.69, 9.17) is 16.5 Å². The van der Waals surface area contributed by atoms with Crippen molar-refractivity contribution in [3.05, 3.63) is 35.9 Å². The summed E-state index contributed by atoms with van der Waals surface area (Å²) in [5.74, 6) is 0.0769. The average Bonchev–Trinajstić information content (AvgIpc) is 2.34. The molecule has 1 aromatic carbocycles. The Bertz CT molecular complexity index is 341. The molecule has 1 N–H and O–H groups in total. The number of nitrogens with one attached hydrogen (secondary N) is 1. The zero-order chi connectivity index (χ0) is 12.7. The minimum absolute atomic E-state index is 0.285. The van der Waals surface area contributed by atoms with Crippen molar-refractivity contribution in [3.63, 3.8) is 0 Å². The number of carbonyl (C=O) groups excluding carboxylic acids is 1. The molecule has 0 heterocycles. The zero-order valence-corrected chi connectivity index (χ0v) is 10.9. The first-order valence-electron chi connectivity index (χ1n) is 5.70. The molecule has 1 aromatic rings. The maximum atomic E-state index is 11.7. The molecule has 0 amide bonds. The summed E-state index contributed by atoms with van der Waals surface area (Å²) in [4.78, 5) is 14.2. The number of halogens is 1. The SMILES string of the molecule is CC(C)C[C@H](NCl)C(=O)OCc1ccccc1. The van der Waals surface area contributed by atoms with Crippen LogP contribution in [0.3, 0.4) is 0 Å². The van der Waals surface area contributed by atoms with Gasteiger partial charge >= 0.3 is 5.97 Å². The van der Waals surface area contributed by atoms with Crippen LogP contribution in [0.1, 0.15) is 25.8 Å². The Morgan fingerprint density at radius 3 is 2.53 bits per heavy atom. The smallest absolute Gasteiger partial charge is 0.324 e. The first-order valence-corrected chi connectivity index (χ1v) is 6.08. The van der Waals surface area contributed by atoms with Gasteiger partial charge in [-0.15, -0.1) is 0 Å². The molecule has 0 aliphatic heterocycles. The molecule has 0 saturated heterocycles. The quantitative estimate of drug-likeness (QED) is 0.628. The molecule has 0 radical (unpaired) electrons. The molecule has 3 nitrogen and oxygen atoms in total. The first kappa shape index (κ1) is 14.0. The Morgan fingerprint density at radius 1 is 1.35 bits per heavy atom. The van der Waals surface area contributed by atoms with Gasteiger partial charge in [-0.3, -0.25) is 4.79 Å². The van der Waals surface area contributed by atoms with Gasteiger partial charge < -0.3 is 4.74 Å². The van der Waals surface area contributed by atoms with Crippen molar-refractivity contribution in [1.29, 1.82) is 0 Å². The van der Waals surface area contributed by atoms with Crippen LogP contribution in [-0.2, 0) is 16.1 Å². The van der Waals surface area contributed by atoms with Crippen molar-refractivity contribution in [2.24, 2.45) is 5.92 Å². The van der Waals surface area contributed by atoms with Gasteiger partial charge in [0.25, 0.3) is 0 Å². The van der Waals surface area contributed by atoms with E-state index in [-0.39, 0.29) is 12.6 Å². The third-order valence-corrected chi connectivity index (χ3v) is 2.61. The number of carbonyl (C=O) groups is 1. The van der Waals surface area contributed by atoms with Gasteiger partial charge in [0.2, 0.25) is 0 Å². The highest BCUT2D eigenvalue weighted by Crippen LogP contribution is 2.09. The second kappa shape index (κ2) is 7.30. The lowest BCUT2D eigenvalue weighted by Gasteiger charge is -2.15. The third-order valence-electron chi connectivity index (χ3n) is 2.35. The molecule has 94 valence electrons. The molecule has 17 heavy (non-hydrogen) atoms. The fraction of sp³-hybridized carbons (Fsp3) is 0.462. The molecular weight excluding hydrogens is 238 g/mol. The highest BCUT2D eigenvalue weighted by Gasteiger charge is 2.20. The van der Waals surface area contributed by atoms with Gasteiger partial charge in [0.1, 0.15) is 12.6 Å². The Balaban J connectivity index is 2.42. The fourth-order valence-electron chi connectivity index (χ4n) is 1.49. The van der Waals surface area contributed by atoms with Gasteiger partial charge in [-0.25, -0.2) is 4.84 Å². The fourth-order valence-corrected chi connectivity index (χ4v) is 1.66. The van der Waals surface area contributed by atoms with E-state index in [2.05, 4.69) is 4.84 Å². The van der Waals surface area contributed by atoms with Crippen LogP contribution in [0.25, 0.3) is 0 Å². The molecule has 0 aliphatic rings. The molecule has 0 spiro atoms. The number of rotatable bonds is 6. The number of benzene rings is 1. The van der Waals surface area contributed by atoms with Gasteiger partial charge in [0.05, 0.1) is 0 Å². The van der Waals surface area contributed by atoms with Crippen LogP contribution in [0.2, 0.25) is 0 Å². The van der Waals surface area contributed by atoms with Gasteiger partial charge in [-0.05, 0) is 29.7 Å². The monoisotopic (exact) mass is 255 g/mol. The first-order chi connectivity index (χ1) is 8.13. The van der Waals surface area contributed by atoms with Crippen molar-refractivity contribution < 1.29 is 9.53 Å². The standard InChI is InChI=1S/C13H18ClNO2/c1-10(2)8-12(15-14)13(16)17-9-11-6-4-3-5-7-11/h3-7,10,12,15H,8-9H2,1-2H3/t12-/m0/s1. The van der Waals surface area contributed by atoms with E-state index >= 15 is 0 Å². The topological polar surface area (TPSA) is 38.3 Å². The van der Waals surface area contributed by atoms with Crippen LogP contribution >= 0.6 is 11.8 Å². The van der Waals surface area contributed by atoms with E-state index in [0.29, 0.717) is 12.3 Å². The van der Waals surface area contributed by atoms with Gasteiger partial charge in [0.15, 0.2) is 0 Å². The molecular formula is C13H18ClNO2. The van der Waals surface area contributed by atoms with Crippen LogP contribution in [0, 0.1) is 5.92 Å². The largest absolute Gasteiger partial charge is 0.460 e. The van der Waals surface area contributed by atoms with Crippen molar-refractivity contribution in [3.8, 4) is 0 Å². The number of hydrogen-bond acceptors (Lipinski definition) is 3. The Labute approximate surface area is 107 Å². The van der Waals surface area contributed by atoms with Crippen LogP contribution in [0.15, 0.2) is 30.3 Å². The normalized spacial score (nSPS) is 12.5. The van der Waals surface area contributed by atoms with Crippen LogP contribution in [0.5, 0.6) is 0 Å². The van der Waals surface area contributed by atoms with E-state index < -0.39 is 6.04 Å². The highest BCUT2D eigenvalue weighted by atomic mass is 35.5. The van der Waals surface area contributed by atoms with E-state index in [1.165, 1.54) is 0 Å². The summed E-state index contributed by atoms with van der Waals surface area (Å²) < 4.78 is 5.20. The predicted octanol–water partition coefficient (Wildman–Crippen LogP) is 2.89. The lowest BCUT2D eigenvalue weighted by molar-refractivity contribution is -0.147. The van der Waals surface area contributed by atoms with Crippen molar-refractivity contribution in [2.45, 2.75) is 32.9 Å². The molecule has 0 unspecified atom stereocenters. The maximum absolute atomic E-state index is 11.7. The highest BCUT2D eigenvalue weighted by molar-refractivity contribution is 6.14. The van der Waals surface area contributed by atoms with Gasteiger partial charge in [-0.1, -0.05) is 44.2 Å². The summed E-state index contributed by atoms with van der Waals surface area (Å²) in [5.41, 5.74) is 0.971. The third kappa shape index (κ3) is 5.20. The lowest BCUT2D eigenvalue weighted by atomic mass is 10.1. The summed E-state index contributed by atoms with van der Waals surface area (Å²) in [5, 5.41) is 0. The average molecular weight is 256 g/mol. The molecule has 1 atom stereocenters. The Morgan fingerprint density at radius 2 is 2.00 bits per heavy atom. The van der Waals surface area contributed by atoms with Crippen LogP contribution in [0.4, 0.5) is 0 Å². The number of hydrogen-bond donors (Lipinski definition) is 1. The molecule has 1 rings (SSSR count). The number of ether oxygens (including phenoxy) is 1. The van der Waals surface area contributed by atoms with Gasteiger partial charge in [0, 0.05) is 0 Å². The second-order valence-corrected chi connectivity index (χ2v) is 4.60. The van der Waals surface area contributed by atoms with Crippen LogP contribution in [-0.4, -0.2) is 12.0 Å². The second-order valence-electron chi connectivity index (χ2n) is 4.38. The van der Waals surface area contributed by atoms with E-state index in [1.807, 2.05) is 44.2 Å².